The molecule has 8 heteroatoms. The molecule has 0 bridgehead atoms. The van der Waals surface area contributed by atoms with E-state index < -0.39 is 6.04 Å². The van der Waals surface area contributed by atoms with Crippen LogP contribution in [0.25, 0.3) is 0 Å². The SMILES string of the molecule is CC1=CC[C@@H]([C@@H](C)/C=C(C)/C=C\C=C/C(=O)N[C@H](C(=O)N/C=C\C[C@H](C/C=C(\C)Cl)OC(C)C)C(C)C)OC1=O. The summed E-state index contributed by atoms with van der Waals surface area (Å²) in [6.07, 6.45) is 17.8. The molecule has 40 heavy (non-hydrogen) atoms. The van der Waals surface area contributed by atoms with Crippen molar-refractivity contribution in [3.05, 3.63) is 71.0 Å². The van der Waals surface area contributed by atoms with Crippen LogP contribution in [-0.2, 0) is 23.9 Å². The highest BCUT2D eigenvalue weighted by atomic mass is 35.5. The number of esters is 1. The van der Waals surface area contributed by atoms with E-state index in [2.05, 4.69) is 10.6 Å². The first-order chi connectivity index (χ1) is 18.8. The van der Waals surface area contributed by atoms with Crippen LogP contribution in [0, 0.1) is 11.8 Å². The van der Waals surface area contributed by atoms with Crippen molar-refractivity contribution < 1.29 is 23.9 Å². The summed E-state index contributed by atoms with van der Waals surface area (Å²) < 4.78 is 11.4. The number of amides is 2. The Morgan fingerprint density at radius 1 is 1.12 bits per heavy atom. The molecule has 0 spiro atoms. The van der Waals surface area contributed by atoms with E-state index in [4.69, 9.17) is 21.1 Å². The van der Waals surface area contributed by atoms with Crippen molar-refractivity contribution in [2.45, 2.75) is 99.0 Å². The number of hydrogen-bond acceptors (Lipinski definition) is 5. The predicted molar refractivity (Wildman–Crippen MR) is 162 cm³/mol. The van der Waals surface area contributed by atoms with Gasteiger partial charge >= 0.3 is 5.97 Å². The molecule has 0 saturated carbocycles. The fraction of sp³-hybridized carbons (Fsp3) is 0.531. The van der Waals surface area contributed by atoms with Gasteiger partial charge in [0, 0.05) is 29.0 Å². The zero-order valence-corrected chi connectivity index (χ0v) is 26.0. The highest BCUT2D eigenvalue weighted by molar-refractivity contribution is 6.29. The molecule has 0 aromatic carbocycles. The molecule has 7 nitrogen and oxygen atoms in total. The molecule has 2 amide bonds. The van der Waals surface area contributed by atoms with Crippen molar-refractivity contribution in [2.75, 3.05) is 0 Å². The standard InChI is InChI=1S/C32H47ClN2O5/c1-21(2)30(31(37)34-19-11-13-27(39-22(3)4)17-16-26(8)33)35-29(36)14-10-9-12-23(5)20-25(7)28-18-15-24(6)32(38)40-28/h9-12,14-16,19-22,25,27-28,30H,13,17-18H2,1-8H3,(H,34,37)(H,35,36)/b12-9-,14-10-,19-11-,23-20+,26-16+/t25-,27+,28-,30-/m0/s1. The number of allylic oxidation sites excluding steroid dienone is 5. The van der Waals surface area contributed by atoms with Gasteiger partial charge in [-0.1, -0.05) is 80.5 Å². The largest absolute Gasteiger partial charge is 0.458 e. The Hall–Kier alpha value is -2.90. The van der Waals surface area contributed by atoms with Gasteiger partial charge in [0.05, 0.1) is 12.2 Å². The minimum absolute atomic E-state index is 0.0476. The van der Waals surface area contributed by atoms with Crippen LogP contribution < -0.4 is 10.6 Å². The Balaban J connectivity index is 2.61. The number of ether oxygens (including phenoxy) is 2. The van der Waals surface area contributed by atoms with E-state index in [0.717, 1.165) is 5.57 Å². The van der Waals surface area contributed by atoms with Gasteiger partial charge in [-0.05, 0) is 59.6 Å². The summed E-state index contributed by atoms with van der Waals surface area (Å²) >= 11 is 5.94. The number of rotatable bonds is 15. The van der Waals surface area contributed by atoms with Crippen LogP contribution >= 0.6 is 11.6 Å². The molecule has 0 fully saturated rings. The molecule has 222 valence electrons. The molecule has 1 rings (SSSR count). The molecule has 0 aromatic rings. The van der Waals surface area contributed by atoms with Gasteiger partial charge in [-0.2, -0.15) is 0 Å². The highest BCUT2D eigenvalue weighted by Crippen LogP contribution is 2.22. The van der Waals surface area contributed by atoms with Gasteiger partial charge in [-0.15, -0.1) is 0 Å². The first kappa shape index (κ1) is 35.1. The van der Waals surface area contributed by atoms with Crippen LogP contribution in [0.2, 0.25) is 0 Å². The molecular formula is C32H47ClN2O5. The van der Waals surface area contributed by atoms with Gasteiger partial charge in [-0.25, -0.2) is 4.79 Å². The Morgan fingerprint density at radius 3 is 2.40 bits per heavy atom. The van der Waals surface area contributed by atoms with E-state index >= 15 is 0 Å². The molecule has 1 heterocycles. The quantitative estimate of drug-likeness (QED) is 0.133. The summed E-state index contributed by atoms with van der Waals surface area (Å²) in [5, 5.41) is 6.25. The molecule has 0 aliphatic carbocycles. The van der Waals surface area contributed by atoms with Gasteiger partial charge in [0.2, 0.25) is 11.8 Å². The second kappa shape index (κ2) is 18.4. The van der Waals surface area contributed by atoms with Crippen molar-refractivity contribution >= 4 is 29.4 Å². The fourth-order valence-electron chi connectivity index (χ4n) is 3.98. The van der Waals surface area contributed by atoms with Crippen molar-refractivity contribution in [2.24, 2.45) is 11.8 Å². The minimum Gasteiger partial charge on any atom is -0.458 e. The fourth-order valence-corrected chi connectivity index (χ4v) is 4.07. The van der Waals surface area contributed by atoms with Gasteiger partial charge in [0.15, 0.2) is 0 Å². The molecule has 0 aromatic heterocycles. The maximum Gasteiger partial charge on any atom is 0.333 e. The van der Waals surface area contributed by atoms with Crippen LogP contribution in [0.15, 0.2) is 71.0 Å². The zero-order chi connectivity index (χ0) is 30.2. The lowest BCUT2D eigenvalue weighted by molar-refractivity contribution is -0.147. The molecule has 1 aliphatic rings. The van der Waals surface area contributed by atoms with Crippen molar-refractivity contribution in [3.8, 4) is 0 Å². The molecular weight excluding hydrogens is 528 g/mol. The lowest BCUT2D eigenvalue weighted by Gasteiger charge is -2.25. The summed E-state index contributed by atoms with van der Waals surface area (Å²) in [4.78, 5) is 37.0. The van der Waals surface area contributed by atoms with E-state index in [1.165, 1.54) is 6.08 Å². The average molecular weight is 575 g/mol. The van der Waals surface area contributed by atoms with E-state index in [1.54, 1.807) is 25.3 Å². The summed E-state index contributed by atoms with van der Waals surface area (Å²) in [6.45, 7) is 15.3. The van der Waals surface area contributed by atoms with Crippen LogP contribution in [0.3, 0.4) is 0 Å². The minimum atomic E-state index is -0.686. The molecule has 0 saturated heterocycles. The lowest BCUT2D eigenvalue weighted by Crippen LogP contribution is -2.48. The monoisotopic (exact) mass is 574 g/mol. The molecule has 4 atom stereocenters. The van der Waals surface area contributed by atoms with Gasteiger partial charge < -0.3 is 20.1 Å². The Kier molecular flexibility index (Phi) is 16.2. The number of carbonyl (C=O) groups is 3. The Bertz CT molecular complexity index is 1030. The summed E-state index contributed by atoms with van der Waals surface area (Å²) in [6, 6.07) is -0.686. The number of carbonyl (C=O) groups excluding carboxylic acids is 3. The Morgan fingerprint density at radius 2 is 1.80 bits per heavy atom. The maximum atomic E-state index is 12.7. The van der Waals surface area contributed by atoms with Gasteiger partial charge in [0.1, 0.15) is 12.1 Å². The zero-order valence-electron chi connectivity index (χ0n) is 25.2. The number of hydrogen-bond donors (Lipinski definition) is 2. The number of nitrogens with one attached hydrogen (secondary N) is 2. The normalized spacial score (nSPS) is 19.3. The van der Waals surface area contributed by atoms with E-state index in [1.807, 2.05) is 78.8 Å². The van der Waals surface area contributed by atoms with Crippen molar-refractivity contribution in [1.29, 1.82) is 0 Å². The molecule has 0 radical (unpaired) electrons. The lowest BCUT2D eigenvalue weighted by atomic mass is 9.96. The second-order valence-electron chi connectivity index (χ2n) is 10.8. The predicted octanol–water partition coefficient (Wildman–Crippen LogP) is 6.43. The average Bonchev–Trinajstić information content (AvgIpc) is 2.86. The van der Waals surface area contributed by atoms with E-state index in [9.17, 15) is 14.4 Å². The third kappa shape index (κ3) is 14.5. The van der Waals surface area contributed by atoms with Gasteiger partial charge in [-0.3, -0.25) is 9.59 Å². The maximum absolute atomic E-state index is 12.7. The van der Waals surface area contributed by atoms with Crippen molar-refractivity contribution in [1.82, 2.24) is 10.6 Å². The van der Waals surface area contributed by atoms with Gasteiger partial charge in [0.25, 0.3) is 0 Å². The van der Waals surface area contributed by atoms with Crippen LogP contribution in [0.1, 0.15) is 74.7 Å². The highest BCUT2D eigenvalue weighted by Gasteiger charge is 2.24. The number of cyclic esters (lactones) is 1. The molecule has 1 aliphatic heterocycles. The first-order valence-corrected chi connectivity index (χ1v) is 14.3. The summed E-state index contributed by atoms with van der Waals surface area (Å²) in [5.74, 6) is -0.956. The second-order valence-corrected chi connectivity index (χ2v) is 11.4. The van der Waals surface area contributed by atoms with E-state index in [-0.39, 0.29) is 47.9 Å². The van der Waals surface area contributed by atoms with E-state index in [0.29, 0.717) is 29.9 Å². The number of halogens is 1. The molecule has 2 N–H and O–H groups in total. The Labute approximate surface area is 245 Å². The van der Waals surface area contributed by atoms with Crippen LogP contribution in [0.5, 0.6) is 0 Å². The topological polar surface area (TPSA) is 93.7 Å². The smallest absolute Gasteiger partial charge is 0.333 e. The third-order valence-electron chi connectivity index (χ3n) is 6.18. The van der Waals surface area contributed by atoms with Crippen LogP contribution in [0.4, 0.5) is 0 Å². The summed E-state index contributed by atoms with van der Waals surface area (Å²) in [7, 11) is 0. The molecule has 0 unspecified atom stereocenters. The summed E-state index contributed by atoms with van der Waals surface area (Å²) in [5.41, 5.74) is 1.63. The van der Waals surface area contributed by atoms with Crippen LogP contribution in [-0.4, -0.2) is 42.1 Å². The third-order valence-corrected chi connectivity index (χ3v) is 6.34. The first-order valence-electron chi connectivity index (χ1n) is 13.9. The van der Waals surface area contributed by atoms with Crippen molar-refractivity contribution in [3.63, 3.8) is 0 Å².